The number of fused-ring (bicyclic) bond motifs is 1. The van der Waals surface area contributed by atoms with Gasteiger partial charge in [0.1, 0.15) is 6.33 Å². The highest BCUT2D eigenvalue weighted by Crippen LogP contribution is 2.25. The van der Waals surface area contributed by atoms with Crippen molar-refractivity contribution in [1.82, 2.24) is 34.5 Å². The summed E-state index contributed by atoms with van der Waals surface area (Å²) in [6.07, 6.45) is 3.72. The SMILES string of the molecule is Cn1cc(-c2ccc3cnc(Nc4ccc(-n5cnc(N6CCCC(O)C6)n5)cc4)nc3c2)cn1.O=C(O)C(F)(F)F. The highest BCUT2D eigenvalue weighted by Gasteiger charge is 2.38. The molecule has 1 aliphatic rings. The number of rotatable bonds is 5. The van der Waals surface area contributed by atoms with Crippen LogP contribution in [0.2, 0.25) is 0 Å². The van der Waals surface area contributed by atoms with E-state index in [-0.39, 0.29) is 6.10 Å². The van der Waals surface area contributed by atoms with Gasteiger partial charge in [0, 0.05) is 49.2 Å². The molecule has 0 spiro atoms. The zero-order chi connectivity index (χ0) is 29.9. The topological polar surface area (TPSA) is 147 Å². The summed E-state index contributed by atoms with van der Waals surface area (Å²) in [4.78, 5) is 24.5. The molecule has 1 saturated heterocycles. The summed E-state index contributed by atoms with van der Waals surface area (Å²) in [7, 11) is 1.90. The van der Waals surface area contributed by atoms with E-state index in [4.69, 9.17) is 14.9 Å². The van der Waals surface area contributed by atoms with Crippen molar-refractivity contribution in [2.24, 2.45) is 7.05 Å². The van der Waals surface area contributed by atoms with Gasteiger partial charge in [0.25, 0.3) is 0 Å². The van der Waals surface area contributed by atoms with Crippen LogP contribution in [0.3, 0.4) is 0 Å². The Kier molecular flexibility index (Phi) is 8.01. The number of carboxylic acid groups (broad SMARTS) is 1. The molecule has 0 amide bonds. The molecule has 42 heavy (non-hydrogen) atoms. The fourth-order valence-corrected chi connectivity index (χ4v) is 4.32. The van der Waals surface area contributed by atoms with E-state index in [2.05, 4.69) is 31.5 Å². The first-order chi connectivity index (χ1) is 20.0. The molecular formula is C27H26F3N9O3. The number of carbonyl (C=O) groups is 1. The predicted octanol–water partition coefficient (Wildman–Crippen LogP) is 3.95. The van der Waals surface area contributed by atoms with Crippen LogP contribution < -0.4 is 10.2 Å². The summed E-state index contributed by atoms with van der Waals surface area (Å²) in [6, 6.07) is 14.0. The Bertz CT molecular complexity index is 1690. The number of alkyl halides is 3. The zero-order valence-electron chi connectivity index (χ0n) is 22.3. The Morgan fingerprint density at radius 1 is 1.07 bits per heavy atom. The van der Waals surface area contributed by atoms with Gasteiger partial charge < -0.3 is 20.4 Å². The Hall–Kier alpha value is -5.05. The van der Waals surface area contributed by atoms with Crippen LogP contribution in [0.5, 0.6) is 0 Å². The molecule has 4 heterocycles. The number of aryl methyl sites for hydroxylation is 1. The number of halogens is 3. The van der Waals surface area contributed by atoms with Gasteiger partial charge in [-0.3, -0.25) is 4.68 Å². The molecule has 0 aliphatic carbocycles. The lowest BCUT2D eigenvalue weighted by Crippen LogP contribution is -2.38. The van der Waals surface area contributed by atoms with Gasteiger partial charge in [-0.15, -0.1) is 5.10 Å². The van der Waals surface area contributed by atoms with E-state index in [0.717, 1.165) is 52.8 Å². The lowest BCUT2D eigenvalue weighted by atomic mass is 10.1. The highest BCUT2D eigenvalue weighted by atomic mass is 19.4. The van der Waals surface area contributed by atoms with Crippen LogP contribution in [0.15, 0.2) is 67.4 Å². The van der Waals surface area contributed by atoms with Crippen LogP contribution in [0.25, 0.3) is 27.7 Å². The van der Waals surface area contributed by atoms with Gasteiger partial charge in [-0.2, -0.15) is 23.3 Å². The van der Waals surface area contributed by atoms with Crippen LogP contribution in [0, 0.1) is 0 Å². The van der Waals surface area contributed by atoms with Crippen molar-refractivity contribution in [2.75, 3.05) is 23.3 Å². The molecule has 2 aromatic carbocycles. The van der Waals surface area contributed by atoms with E-state index in [0.29, 0.717) is 18.4 Å². The normalized spacial score (nSPS) is 15.3. The molecule has 1 unspecified atom stereocenters. The molecule has 12 nitrogen and oxygen atoms in total. The van der Waals surface area contributed by atoms with Crippen LogP contribution in [0.1, 0.15) is 12.8 Å². The number of β-amino-alcohol motifs (C(OH)–C–C–N with tert-alkyl or cyclic N) is 1. The Morgan fingerprint density at radius 2 is 1.83 bits per heavy atom. The number of aliphatic carboxylic acids is 1. The average Bonchev–Trinajstić information content (AvgIpc) is 3.63. The molecule has 3 aromatic heterocycles. The summed E-state index contributed by atoms with van der Waals surface area (Å²) in [5, 5.41) is 30.1. The molecule has 1 atom stereocenters. The van der Waals surface area contributed by atoms with Gasteiger partial charge in [0.15, 0.2) is 0 Å². The predicted molar refractivity (Wildman–Crippen MR) is 148 cm³/mol. The van der Waals surface area contributed by atoms with Crippen molar-refractivity contribution in [1.29, 1.82) is 0 Å². The minimum absolute atomic E-state index is 0.319. The number of piperidine rings is 1. The molecule has 0 saturated carbocycles. The molecule has 6 rings (SSSR count). The van der Waals surface area contributed by atoms with Crippen molar-refractivity contribution in [3.05, 3.63) is 67.4 Å². The second kappa shape index (κ2) is 11.8. The summed E-state index contributed by atoms with van der Waals surface area (Å²) in [5.41, 5.74) is 4.73. The summed E-state index contributed by atoms with van der Waals surface area (Å²) < 4.78 is 35.3. The quantitative estimate of drug-likeness (QED) is 0.279. The summed E-state index contributed by atoms with van der Waals surface area (Å²) >= 11 is 0. The number of nitrogens with zero attached hydrogens (tertiary/aromatic N) is 8. The molecule has 1 fully saturated rings. The second-order valence-corrected chi connectivity index (χ2v) is 9.58. The maximum Gasteiger partial charge on any atom is 0.490 e. The second-order valence-electron chi connectivity index (χ2n) is 9.58. The van der Waals surface area contributed by atoms with Crippen molar-refractivity contribution in [2.45, 2.75) is 25.1 Å². The standard InChI is InChI=1S/C25H25N9O.C2HF3O2/c1-32-14-19(13-28-32)17-4-5-18-12-26-24(30-23(18)11-17)29-20-6-8-21(9-7-20)34-16-27-25(31-34)33-10-2-3-22(35)15-33;3-2(4,5)1(6)7/h4-9,11-14,16,22,35H,2-3,10,15H2,1H3,(H,26,29,30);(H,6,7). The number of aliphatic hydroxyl groups is 1. The molecular weight excluding hydrogens is 555 g/mol. The molecule has 0 radical (unpaired) electrons. The van der Waals surface area contributed by atoms with Crippen LogP contribution in [-0.4, -0.2) is 76.1 Å². The van der Waals surface area contributed by atoms with E-state index in [1.54, 1.807) is 15.7 Å². The van der Waals surface area contributed by atoms with E-state index < -0.39 is 12.1 Å². The first-order valence-corrected chi connectivity index (χ1v) is 12.8. The van der Waals surface area contributed by atoms with Gasteiger partial charge in [0.2, 0.25) is 11.9 Å². The number of benzene rings is 2. The maximum absolute atomic E-state index is 10.6. The van der Waals surface area contributed by atoms with E-state index in [1.807, 2.05) is 66.9 Å². The van der Waals surface area contributed by atoms with Crippen LogP contribution in [-0.2, 0) is 11.8 Å². The number of aliphatic hydroxyl groups excluding tert-OH is 1. The van der Waals surface area contributed by atoms with E-state index in [1.165, 1.54) is 0 Å². The minimum atomic E-state index is -5.08. The number of anilines is 3. The van der Waals surface area contributed by atoms with Gasteiger partial charge in [0.05, 0.1) is 23.5 Å². The van der Waals surface area contributed by atoms with Gasteiger partial charge >= 0.3 is 12.1 Å². The monoisotopic (exact) mass is 581 g/mol. The van der Waals surface area contributed by atoms with Crippen LogP contribution >= 0.6 is 0 Å². The largest absolute Gasteiger partial charge is 0.490 e. The molecule has 5 aromatic rings. The zero-order valence-corrected chi connectivity index (χ0v) is 22.3. The third-order valence-corrected chi connectivity index (χ3v) is 6.41. The number of hydrogen-bond donors (Lipinski definition) is 3. The number of nitrogens with one attached hydrogen (secondary N) is 1. The Morgan fingerprint density at radius 3 is 2.50 bits per heavy atom. The molecule has 218 valence electrons. The van der Waals surface area contributed by atoms with Crippen LogP contribution in [0.4, 0.5) is 30.8 Å². The van der Waals surface area contributed by atoms with Crippen molar-refractivity contribution < 1.29 is 28.2 Å². The van der Waals surface area contributed by atoms with Gasteiger partial charge in [-0.05, 0) is 48.7 Å². The van der Waals surface area contributed by atoms with Gasteiger partial charge in [-0.25, -0.2) is 19.4 Å². The number of hydrogen-bond acceptors (Lipinski definition) is 9. The first kappa shape index (κ1) is 28.5. The van der Waals surface area contributed by atoms with Crippen molar-refractivity contribution in [3.63, 3.8) is 0 Å². The minimum Gasteiger partial charge on any atom is -0.475 e. The Labute approximate surface area is 237 Å². The van der Waals surface area contributed by atoms with Gasteiger partial charge in [-0.1, -0.05) is 12.1 Å². The summed E-state index contributed by atoms with van der Waals surface area (Å²) in [6.45, 7) is 1.43. The lowest BCUT2D eigenvalue weighted by Gasteiger charge is -2.28. The third kappa shape index (κ3) is 6.80. The lowest BCUT2D eigenvalue weighted by molar-refractivity contribution is -0.192. The number of carboxylic acids is 1. The maximum atomic E-state index is 10.6. The fourth-order valence-electron chi connectivity index (χ4n) is 4.32. The first-order valence-electron chi connectivity index (χ1n) is 12.8. The molecule has 3 N–H and O–H groups in total. The fraction of sp³-hybridized carbons (Fsp3) is 0.259. The van der Waals surface area contributed by atoms with Crippen molar-refractivity contribution >= 4 is 34.5 Å². The molecule has 0 bridgehead atoms. The summed E-state index contributed by atoms with van der Waals surface area (Å²) in [5.74, 6) is -1.59. The Balaban J connectivity index is 0.000000451. The average molecular weight is 582 g/mol. The van der Waals surface area contributed by atoms with E-state index in [9.17, 15) is 18.3 Å². The van der Waals surface area contributed by atoms with Crippen molar-refractivity contribution in [3.8, 4) is 16.8 Å². The third-order valence-electron chi connectivity index (χ3n) is 6.41. The smallest absolute Gasteiger partial charge is 0.475 e. The molecule has 15 heteroatoms. The highest BCUT2D eigenvalue weighted by molar-refractivity contribution is 5.84. The molecule has 1 aliphatic heterocycles. The number of aromatic nitrogens is 7. The van der Waals surface area contributed by atoms with E-state index >= 15 is 0 Å².